The van der Waals surface area contributed by atoms with E-state index in [1.165, 1.54) is 5.56 Å². The predicted octanol–water partition coefficient (Wildman–Crippen LogP) is 4.18. The van der Waals surface area contributed by atoms with Crippen molar-refractivity contribution in [3.05, 3.63) is 77.4 Å². The van der Waals surface area contributed by atoms with E-state index in [0.717, 1.165) is 29.5 Å². The molecule has 3 atom stereocenters. The molecule has 0 spiro atoms. The van der Waals surface area contributed by atoms with Crippen molar-refractivity contribution in [1.82, 2.24) is 0 Å². The van der Waals surface area contributed by atoms with Crippen molar-refractivity contribution in [3.8, 4) is 0 Å². The lowest BCUT2D eigenvalue weighted by Crippen LogP contribution is -2.39. The Hall–Kier alpha value is -2.68. The lowest BCUT2D eigenvalue weighted by atomic mass is 9.62. The molecule has 26 heavy (non-hydrogen) atoms. The van der Waals surface area contributed by atoms with Crippen LogP contribution in [0.15, 0.2) is 60.7 Å². The highest BCUT2D eigenvalue weighted by atomic mass is 16.5. The predicted molar refractivity (Wildman–Crippen MR) is 101 cm³/mol. The van der Waals surface area contributed by atoms with Crippen LogP contribution in [0.25, 0.3) is 5.57 Å². The summed E-state index contributed by atoms with van der Waals surface area (Å²) in [5, 5.41) is 0. The van der Waals surface area contributed by atoms with Gasteiger partial charge in [0.05, 0.1) is 6.61 Å². The van der Waals surface area contributed by atoms with E-state index in [1.54, 1.807) is 13.0 Å². The van der Waals surface area contributed by atoms with Gasteiger partial charge in [0.1, 0.15) is 5.92 Å². The second-order valence-corrected chi connectivity index (χ2v) is 6.97. The van der Waals surface area contributed by atoms with Crippen molar-refractivity contribution in [2.24, 2.45) is 11.8 Å². The van der Waals surface area contributed by atoms with Gasteiger partial charge < -0.3 is 4.74 Å². The summed E-state index contributed by atoms with van der Waals surface area (Å²) in [6, 6.07) is 18.2. The molecule has 0 fully saturated rings. The highest BCUT2D eigenvalue weighted by Gasteiger charge is 2.46. The van der Waals surface area contributed by atoms with Gasteiger partial charge in [-0.1, -0.05) is 54.6 Å². The van der Waals surface area contributed by atoms with Crippen LogP contribution in [0.1, 0.15) is 36.0 Å². The maximum absolute atomic E-state index is 13.0. The molecule has 0 aromatic heterocycles. The van der Waals surface area contributed by atoms with Gasteiger partial charge in [0.15, 0.2) is 5.78 Å². The molecule has 3 nitrogen and oxygen atoms in total. The smallest absolute Gasteiger partial charge is 0.317 e. The van der Waals surface area contributed by atoms with Gasteiger partial charge in [-0.25, -0.2) is 0 Å². The van der Waals surface area contributed by atoms with Gasteiger partial charge in [-0.3, -0.25) is 9.59 Å². The Morgan fingerprint density at radius 2 is 1.81 bits per heavy atom. The summed E-state index contributed by atoms with van der Waals surface area (Å²) in [6.07, 6.45) is 3.60. The lowest BCUT2D eigenvalue weighted by Gasteiger charge is -2.40. The van der Waals surface area contributed by atoms with E-state index in [9.17, 15) is 9.59 Å². The molecule has 4 rings (SSSR count). The van der Waals surface area contributed by atoms with Gasteiger partial charge in [-0.2, -0.15) is 0 Å². The Morgan fingerprint density at radius 3 is 2.58 bits per heavy atom. The fourth-order valence-electron chi connectivity index (χ4n) is 4.49. The summed E-state index contributed by atoms with van der Waals surface area (Å²) in [4.78, 5) is 25.6. The van der Waals surface area contributed by atoms with Crippen molar-refractivity contribution in [2.45, 2.75) is 25.7 Å². The van der Waals surface area contributed by atoms with E-state index in [-0.39, 0.29) is 24.2 Å². The number of carbonyl (C=O) groups excluding carboxylic acids is 2. The Bertz CT molecular complexity index is 866. The van der Waals surface area contributed by atoms with E-state index in [2.05, 4.69) is 12.1 Å². The van der Waals surface area contributed by atoms with E-state index in [1.807, 2.05) is 42.5 Å². The molecule has 0 bridgehead atoms. The number of aryl methyl sites for hydroxylation is 1. The first-order valence-electron chi connectivity index (χ1n) is 9.26. The fraction of sp³-hybridized carbons (Fsp3) is 0.304. The van der Waals surface area contributed by atoms with Gasteiger partial charge >= 0.3 is 5.97 Å². The van der Waals surface area contributed by atoms with Crippen molar-refractivity contribution in [3.63, 3.8) is 0 Å². The van der Waals surface area contributed by atoms with Gasteiger partial charge in [-0.05, 0) is 54.0 Å². The van der Waals surface area contributed by atoms with Gasteiger partial charge in [0, 0.05) is 5.92 Å². The molecular formula is C23H22O3. The topological polar surface area (TPSA) is 43.4 Å². The maximum Gasteiger partial charge on any atom is 0.317 e. The van der Waals surface area contributed by atoms with Crippen LogP contribution in [0, 0.1) is 11.8 Å². The fourth-order valence-corrected chi connectivity index (χ4v) is 4.49. The van der Waals surface area contributed by atoms with E-state index < -0.39 is 11.9 Å². The molecule has 0 amide bonds. The highest BCUT2D eigenvalue weighted by molar-refractivity contribution is 6.11. The summed E-state index contributed by atoms with van der Waals surface area (Å²) in [7, 11) is 0. The number of carbonyl (C=O) groups is 2. The Balaban J connectivity index is 1.85. The number of hydrogen-bond donors (Lipinski definition) is 0. The number of fused-ring (bicyclic) bond motifs is 3. The molecule has 0 saturated carbocycles. The summed E-state index contributed by atoms with van der Waals surface area (Å²) >= 11 is 0. The number of rotatable bonds is 3. The normalized spacial score (nSPS) is 24.3. The third kappa shape index (κ3) is 2.78. The quantitative estimate of drug-likeness (QED) is 0.619. The average molecular weight is 346 g/mol. The second kappa shape index (κ2) is 6.91. The van der Waals surface area contributed by atoms with Gasteiger partial charge in [0.2, 0.25) is 0 Å². The van der Waals surface area contributed by atoms with Crippen molar-refractivity contribution >= 4 is 17.3 Å². The van der Waals surface area contributed by atoms with Crippen LogP contribution in [0.2, 0.25) is 0 Å². The number of esters is 1. The molecule has 0 radical (unpaired) electrons. The molecule has 2 aromatic carbocycles. The molecule has 132 valence electrons. The summed E-state index contributed by atoms with van der Waals surface area (Å²) in [6.45, 7) is 2.06. The number of benzene rings is 2. The molecule has 3 heteroatoms. The molecule has 2 aliphatic carbocycles. The Morgan fingerprint density at radius 1 is 1.08 bits per heavy atom. The molecular weight excluding hydrogens is 324 g/mol. The molecule has 0 unspecified atom stereocenters. The molecule has 0 heterocycles. The minimum Gasteiger partial charge on any atom is -0.465 e. The largest absolute Gasteiger partial charge is 0.465 e. The minimum absolute atomic E-state index is 0.139. The number of allylic oxidation sites excluding steroid dienone is 2. The summed E-state index contributed by atoms with van der Waals surface area (Å²) in [5.41, 5.74) is 4.55. The van der Waals surface area contributed by atoms with Crippen LogP contribution < -0.4 is 0 Å². The van der Waals surface area contributed by atoms with Crippen LogP contribution >= 0.6 is 0 Å². The Kier molecular flexibility index (Phi) is 4.46. The van der Waals surface area contributed by atoms with Gasteiger partial charge in [-0.15, -0.1) is 0 Å². The first kappa shape index (κ1) is 16.8. The average Bonchev–Trinajstić information content (AvgIpc) is 2.67. The number of ether oxygens (including phenoxy) is 1. The van der Waals surface area contributed by atoms with Crippen LogP contribution in [0.3, 0.4) is 0 Å². The lowest BCUT2D eigenvalue weighted by molar-refractivity contribution is -0.152. The van der Waals surface area contributed by atoms with Gasteiger partial charge in [0.25, 0.3) is 0 Å². The van der Waals surface area contributed by atoms with Crippen molar-refractivity contribution in [1.29, 1.82) is 0 Å². The standard InChI is InChI=1S/C23H22O3/c1-2-26-23(25)22-20(24)14-19-17-11-7-6-8-15(17)12-13-18(19)21(22)16-9-4-3-5-10-16/h3-11,14,18,21-22H,2,12-13H2,1H3/t18-,21-,22+/m1/s1. The minimum atomic E-state index is -0.753. The van der Waals surface area contributed by atoms with Crippen LogP contribution in [-0.2, 0) is 20.7 Å². The van der Waals surface area contributed by atoms with Crippen molar-refractivity contribution < 1.29 is 14.3 Å². The molecule has 0 aliphatic heterocycles. The number of ketones is 1. The SMILES string of the molecule is CCOC(=O)[C@H]1C(=O)C=C2c3ccccc3CC[C@H]2[C@H]1c1ccccc1. The zero-order chi connectivity index (χ0) is 18.1. The first-order valence-corrected chi connectivity index (χ1v) is 9.26. The summed E-state index contributed by atoms with van der Waals surface area (Å²) in [5.74, 6) is -1.31. The van der Waals surface area contributed by atoms with Crippen LogP contribution in [0.4, 0.5) is 0 Å². The zero-order valence-corrected chi connectivity index (χ0v) is 14.9. The molecule has 2 aliphatic rings. The summed E-state index contributed by atoms with van der Waals surface area (Å²) < 4.78 is 5.26. The molecule has 0 saturated heterocycles. The first-order chi connectivity index (χ1) is 12.7. The van der Waals surface area contributed by atoms with E-state index >= 15 is 0 Å². The van der Waals surface area contributed by atoms with E-state index in [0.29, 0.717) is 0 Å². The Labute approximate surface area is 153 Å². The van der Waals surface area contributed by atoms with Crippen LogP contribution in [-0.4, -0.2) is 18.4 Å². The third-order valence-electron chi connectivity index (χ3n) is 5.57. The zero-order valence-electron chi connectivity index (χ0n) is 14.9. The monoisotopic (exact) mass is 346 g/mol. The molecule has 0 N–H and O–H groups in total. The second-order valence-electron chi connectivity index (χ2n) is 6.97. The van der Waals surface area contributed by atoms with Crippen molar-refractivity contribution in [2.75, 3.05) is 6.61 Å². The highest BCUT2D eigenvalue weighted by Crippen LogP contribution is 2.49. The third-order valence-corrected chi connectivity index (χ3v) is 5.57. The molecule has 2 aromatic rings. The number of hydrogen-bond acceptors (Lipinski definition) is 3. The maximum atomic E-state index is 13.0. The van der Waals surface area contributed by atoms with E-state index in [4.69, 9.17) is 4.74 Å². The van der Waals surface area contributed by atoms with Crippen LogP contribution in [0.5, 0.6) is 0 Å².